The van der Waals surface area contributed by atoms with E-state index >= 15 is 0 Å². The maximum atomic E-state index is 12.2. The zero-order chi connectivity index (χ0) is 21.1. The average molecular weight is 389 g/mol. The lowest BCUT2D eigenvalue weighted by atomic mass is 9.72. The van der Waals surface area contributed by atoms with Gasteiger partial charge in [-0.05, 0) is 68.4 Å². The Morgan fingerprint density at radius 2 is 1.86 bits per heavy atom. The van der Waals surface area contributed by atoms with Gasteiger partial charge in [0, 0.05) is 43.3 Å². The van der Waals surface area contributed by atoms with Crippen LogP contribution in [0.5, 0.6) is 0 Å². The van der Waals surface area contributed by atoms with Crippen molar-refractivity contribution < 1.29 is 19.6 Å². The second kappa shape index (κ2) is 8.83. The minimum Gasteiger partial charge on any atom is -0.444 e. The first-order valence-electron chi connectivity index (χ1n) is 9.28. The first kappa shape index (κ1) is 22.0. The lowest BCUT2D eigenvalue weighted by Crippen LogP contribution is -2.49. The number of rotatable bonds is 4. The maximum absolute atomic E-state index is 12.2. The summed E-state index contributed by atoms with van der Waals surface area (Å²) < 4.78 is 5.41. The summed E-state index contributed by atoms with van der Waals surface area (Å²) >= 11 is 0. The molecule has 2 N–H and O–H groups in total. The second-order valence-electron chi connectivity index (χ2n) is 8.03. The highest BCUT2D eigenvalue weighted by Gasteiger charge is 2.27. The Morgan fingerprint density at radius 1 is 1.25 bits per heavy atom. The van der Waals surface area contributed by atoms with Crippen molar-refractivity contribution >= 4 is 24.4 Å². The molecule has 1 heterocycles. The van der Waals surface area contributed by atoms with Crippen molar-refractivity contribution in [2.24, 2.45) is 5.11 Å². The quantitative estimate of drug-likeness (QED) is 0.353. The van der Waals surface area contributed by atoms with Gasteiger partial charge in [0.25, 0.3) is 0 Å². The van der Waals surface area contributed by atoms with Crippen molar-refractivity contribution in [1.29, 1.82) is 0 Å². The Labute approximate surface area is 165 Å². The molecule has 0 spiro atoms. The Kier molecular flexibility index (Phi) is 6.95. The number of azide groups is 1. The van der Waals surface area contributed by atoms with Gasteiger partial charge in [0.2, 0.25) is 0 Å². The normalized spacial score (nSPS) is 15.2. The predicted molar refractivity (Wildman–Crippen MR) is 108 cm³/mol. The number of carbonyl (C=O) groups excluding carboxylic acids is 1. The molecule has 152 valence electrons. The summed E-state index contributed by atoms with van der Waals surface area (Å²) in [5.41, 5.74) is 11.2. The van der Waals surface area contributed by atoms with Crippen molar-refractivity contribution in [3.63, 3.8) is 0 Å². The van der Waals surface area contributed by atoms with E-state index in [1.54, 1.807) is 17.9 Å². The van der Waals surface area contributed by atoms with E-state index in [0.29, 0.717) is 49.4 Å². The van der Waals surface area contributed by atoms with Crippen molar-refractivity contribution in [2.45, 2.75) is 46.8 Å². The first-order valence-corrected chi connectivity index (χ1v) is 9.28. The Balaban J connectivity index is 2.13. The molecular formula is C18H28BN5O4. The molecule has 0 radical (unpaired) electrons. The summed E-state index contributed by atoms with van der Waals surface area (Å²) in [6.07, 6.45) is -0.310. The van der Waals surface area contributed by atoms with Crippen LogP contribution in [0.25, 0.3) is 10.4 Å². The third-order valence-corrected chi connectivity index (χ3v) is 4.81. The molecule has 0 bridgehead atoms. The summed E-state index contributed by atoms with van der Waals surface area (Å²) in [6, 6.07) is 1.79. The van der Waals surface area contributed by atoms with Crippen LogP contribution in [0.1, 0.15) is 37.5 Å². The second-order valence-corrected chi connectivity index (χ2v) is 8.03. The van der Waals surface area contributed by atoms with Crippen LogP contribution in [-0.4, -0.2) is 64.8 Å². The lowest BCUT2D eigenvalue weighted by molar-refractivity contribution is 0.0139. The van der Waals surface area contributed by atoms with Gasteiger partial charge in [-0.2, -0.15) is 0 Å². The van der Waals surface area contributed by atoms with E-state index in [0.717, 1.165) is 11.1 Å². The molecular weight excluding hydrogens is 361 g/mol. The van der Waals surface area contributed by atoms with Crippen molar-refractivity contribution in [3.05, 3.63) is 33.2 Å². The third-order valence-electron chi connectivity index (χ3n) is 4.81. The number of ether oxygens (including phenoxy) is 1. The average Bonchev–Trinajstić information content (AvgIpc) is 2.58. The smallest absolute Gasteiger partial charge is 0.444 e. The summed E-state index contributed by atoms with van der Waals surface area (Å²) in [4.78, 5) is 18.9. The van der Waals surface area contributed by atoms with Gasteiger partial charge in [-0.1, -0.05) is 5.11 Å². The largest absolute Gasteiger partial charge is 0.488 e. The highest BCUT2D eigenvalue weighted by molar-refractivity contribution is 6.60. The number of carbonyl (C=O) groups is 1. The molecule has 1 aromatic carbocycles. The molecule has 1 saturated heterocycles. The molecule has 10 heteroatoms. The molecule has 1 amide bonds. The van der Waals surface area contributed by atoms with Gasteiger partial charge in [0.05, 0.1) is 0 Å². The van der Waals surface area contributed by atoms with E-state index in [2.05, 4.69) is 14.9 Å². The van der Waals surface area contributed by atoms with Crippen molar-refractivity contribution in [1.82, 2.24) is 9.80 Å². The zero-order valence-electron chi connectivity index (χ0n) is 17.1. The predicted octanol–water partition coefficient (Wildman–Crippen LogP) is 1.98. The molecule has 0 atom stereocenters. The van der Waals surface area contributed by atoms with Crippen LogP contribution in [-0.2, 0) is 11.3 Å². The Bertz CT molecular complexity index is 779. The lowest BCUT2D eigenvalue weighted by Gasteiger charge is -2.36. The summed E-state index contributed by atoms with van der Waals surface area (Å²) in [7, 11) is -1.64. The fraction of sp³-hybridized carbons (Fsp3) is 0.611. The van der Waals surface area contributed by atoms with E-state index in [4.69, 9.17) is 10.3 Å². The van der Waals surface area contributed by atoms with Gasteiger partial charge >= 0.3 is 13.2 Å². The molecule has 0 aliphatic carbocycles. The fourth-order valence-electron chi connectivity index (χ4n) is 3.33. The van der Waals surface area contributed by atoms with E-state index in [-0.39, 0.29) is 6.09 Å². The molecule has 2 rings (SSSR count). The maximum Gasteiger partial charge on any atom is 0.488 e. The summed E-state index contributed by atoms with van der Waals surface area (Å²) in [6.45, 7) is 12.1. The number of nitrogens with zero attached hydrogens (tertiary/aromatic N) is 5. The molecule has 1 aliphatic rings. The van der Waals surface area contributed by atoms with Crippen LogP contribution in [0.3, 0.4) is 0 Å². The minimum absolute atomic E-state index is 0.310. The number of benzene rings is 1. The van der Waals surface area contributed by atoms with Gasteiger partial charge < -0.3 is 19.7 Å². The molecule has 0 unspecified atom stereocenters. The zero-order valence-corrected chi connectivity index (χ0v) is 17.1. The fourth-order valence-corrected chi connectivity index (χ4v) is 3.33. The molecule has 1 aliphatic heterocycles. The number of hydrogen-bond acceptors (Lipinski definition) is 6. The van der Waals surface area contributed by atoms with Crippen LogP contribution in [0.15, 0.2) is 11.2 Å². The molecule has 1 aromatic rings. The van der Waals surface area contributed by atoms with Gasteiger partial charge in [-0.3, -0.25) is 4.90 Å². The van der Waals surface area contributed by atoms with E-state index in [1.165, 1.54) is 0 Å². The molecule has 0 aromatic heterocycles. The highest BCUT2D eigenvalue weighted by atomic mass is 16.6. The van der Waals surface area contributed by atoms with Crippen molar-refractivity contribution in [3.8, 4) is 0 Å². The topological polar surface area (TPSA) is 122 Å². The van der Waals surface area contributed by atoms with Crippen LogP contribution in [0, 0.1) is 13.8 Å². The van der Waals surface area contributed by atoms with Gasteiger partial charge in [-0.15, -0.1) is 0 Å². The van der Waals surface area contributed by atoms with Gasteiger partial charge in [-0.25, -0.2) is 4.79 Å². The number of piperazine rings is 1. The van der Waals surface area contributed by atoms with E-state index in [1.807, 2.05) is 27.7 Å². The van der Waals surface area contributed by atoms with Crippen LogP contribution in [0.4, 0.5) is 10.5 Å². The minimum atomic E-state index is -1.64. The standard InChI is InChI=1S/C18H28BN5O4/c1-12-14(10-15(21-22-20)13(2)16(12)19(26)27)11-23-6-8-24(9-7-23)17(25)28-18(3,4)5/h10,26-27H,6-9,11H2,1-5H3. The summed E-state index contributed by atoms with van der Waals surface area (Å²) in [5.74, 6) is 0. The Hall–Kier alpha value is -2.26. The molecule has 28 heavy (non-hydrogen) atoms. The van der Waals surface area contributed by atoms with Crippen LogP contribution >= 0.6 is 0 Å². The number of hydrogen-bond donors (Lipinski definition) is 2. The third kappa shape index (κ3) is 5.39. The van der Waals surface area contributed by atoms with Crippen LogP contribution in [0.2, 0.25) is 0 Å². The van der Waals surface area contributed by atoms with Gasteiger partial charge in [0.1, 0.15) is 5.60 Å². The van der Waals surface area contributed by atoms with E-state index in [9.17, 15) is 14.8 Å². The molecule has 0 saturated carbocycles. The first-order chi connectivity index (χ1) is 13.0. The highest BCUT2D eigenvalue weighted by Crippen LogP contribution is 2.24. The Morgan fingerprint density at radius 3 is 2.36 bits per heavy atom. The van der Waals surface area contributed by atoms with Gasteiger partial charge in [0.15, 0.2) is 0 Å². The summed E-state index contributed by atoms with van der Waals surface area (Å²) in [5, 5.41) is 23.2. The molecule has 1 fully saturated rings. The SMILES string of the molecule is Cc1c(CN2CCN(C(=O)OC(C)(C)C)CC2)cc(N=[N+]=[N-])c(C)c1B(O)O. The van der Waals surface area contributed by atoms with E-state index < -0.39 is 12.7 Å². The van der Waals surface area contributed by atoms with Crippen LogP contribution < -0.4 is 5.46 Å². The monoisotopic (exact) mass is 389 g/mol. The number of amides is 1. The van der Waals surface area contributed by atoms with Crippen molar-refractivity contribution in [2.75, 3.05) is 26.2 Å². The molecule has 9 nitrogen and oxygen atoms in total.